The van der Waals surface area contributed by atoms with Gasteiger partial charge in [0.15, 0.2) is 0 Å². The standard InChI is InChI=1S/C22H22N2O/c1-17(2)23-21-10-6-7-15-24(21)22(25)16-18-11-13-20(14-12-18)19-8-4-3-5-9-19/h3-15,17H,16H2,1-2H3. The van der Waals surface area contributed by atoms with Gasteiger partial charge in [-0.05, 0) is 42.7 Å². The maximum absolute atomic E-state index is 12.7. The Hall–Kier alpha value is -2.94. The zero-order valence-electron chi connectivity index (χ0n) is 14.6. The van der Waals surface area contributed by atoms with Gasteiger partial charge in [-0.25, -0.2) is 0 Å². The zero-order chi connectivity index (χ0) is 17.6. The first-order valence-electron chi connectivity index (χ1n) is 8.52. The predicted molar refractivity (Wildman–Crippen MR) is 101 cm³/mol. The average molecular weight is 330 g/mol. The van der Waals surface area contributed by atoms with E-state index in [-0.39, 0.29) is 11.9 Å². The third kappa shape index (κ3) is 4.32. The summed E-state index contributed by atoms with van der Waals surface area (Å²) < 4.78 is 1.63. The number of aromatic nitrogens is 1. The van der Waals surface area contributed by atoms with Crippen LogP contribution in [0, 0.1) is 0 Å². The van der Waals surface area contributed by atoms with Crippen LogP contribution in [0.1, 0.15) is 24.2 Å². The Balaban J connectivity index is 1.81. The molecule has 3 nitrogen and oxygen atoms in total. The third-order valence-electron chi connectivity index (χ3n) is 3.91. The van der Waals surface area contributed by atoms with E-state index < -0.39 is 0 Å². The molecule has 2 aromatic carbocycles. The number of nitrogens with zero attached hydrogens (tertiary/aromatic N) is 2. The van der Waals surface area contributed by atoms with Crippen molar-refractivity contribution in [2.24, 2.45) is 4.99 Å². The van der Waals surface area contributed by atoms with Crippen molar-refractivity contribution in [3.63, 3.8) is 0 Å². The van der Waals surface area contributed by atoms with Crippen LogP contribution in [0.3, 0.4) is 0 Å². The lowest BCUT2D eigenvalue weighted by Crippen LogP contribution is -2.28. The lowest BCUT2D eigenvalue weighted by molar-refractivity contribution is 0.0908. The molecule has 0 N–H and O–H groups in total. The Morgan fingerprint density at radius 1 is 0.880 bits per heavy atom. The van der Waals surface area contributed by atoms with Gasteiger partial charge in [-0.15, -0.1) is 0 Å². The molecule has 1 heterocycles. The highest BCUT2D eigenvalue weighted by molar-refractivity contribution is 5.81. The van der Waals surface area contributed by atoms with Gasteiger partial charge < -0.3 is 0 Å². The second-order valence-corrected chi connectivity index (χ2v) is 6.29. The topological polar surface area (TPSA) is 34.4 Å². The van der Waals surface area contributed by atoms with Gasteiger partial charge in [0.25, 0.3) is 0 Å². The monoisotopic (exact) mass is 330 g/mol. The van der Waals surface area contributed by atoms with Crippen molar-refractivity contribution >= 4 is 5.91 Å². The normalized spacial score (nSPS) is 11.7. The van der Waals surface area contributed by atoms with Gasteiger partial charge in [0, 0.05) is 12.2 Å². The van der Waals surface area contributed by atoms with Crippen LogP contribution < -0.4 is 5.49 Å². The van der Waals surface area contributed by atoms with Gasteiger partial charge in [-0.1, -0.05) is 60.7 Å². The minimum atomic E-state index is 0.0208. The number of hydrogen-bond acceptors (Lipinski definition) is 2. The molecule has 0 bridgehead atoms. The largest absolute Gasteiger partial charge is 0.274 e. The first-order chi connectivity index (χ1) is 12.1. The van der Waals surface area contributed by atoms with Gasteiger partial charge in [0.05, 0.1) is 6.42 Å². The molecule has 1 aromatic heterocycles. The number of carbonyl (C=O) groups excluding carboxylic acids is 1. The van der Waals surface area contributed by atoms with Crippen molar-refractivity contribution in [1.29, 1.82) is 0 Å². The smallest absolute Gasteiger partial charge is 0.236 e. The minimum absolute atomic E-state index is 0.0208. The molecule has 0 amide bonds. The summed E-state index contributed by atoms with van der Waals surface area (Å²) in [4.78, 5) is 17.2. The number of rotatable bonds is 4. The second kappa shape index (κ2) is 7.75. The molecule has 0 unspecified atom stereocenters. The van der Waals surface area contributed by atoms with Gasteiger partial charge in [0.2, 0.25) is 5.91 Å². The van der Waals surface area contributed by atoms with Gasteiger partial charge in [0.1, 0.15) is 5.49 Å². The Bertz CT molecular complexity index is 907. The Morgan fingerprint density at radius 2 is 1.52 bits per heavy atom. The van der Waals surface area contributed by atoms with Crippen molar-refractivity contribution in [3.8, 4) is 11.1 Å². The van der Waals surface area contributed by atoms with E-state index in [1.54, 1.807) is 10.8 Å². The first-order valence-corrected chi connectivity index (χ1v) is 8.52. The maximum atomic E-state index is 12.7. The molecule has 3 rings (SSSR count). The van der Waals surface area contributed by atoms with E-state index in [0.717, 1.165) is 11.1 Å². The molecule has 0 atom stereocenters. The van der Waals surface area contributed by atoms with Crippen LogP contribution in [0.15, 0.2) is 84.0 Å². The van der Waals surface area contributed by atoms with Gasteiger partial charge in [-0.3, -0.25) is 14.4 Å². The molecule has 0 radical (unpaired) electrons. The van der Waals surface area contributed by atoms with Crippen LogP contribution in [0.2, 0.25) is 0 Å². The van der Waals surface area contributed by atoms with Crippen LogP contribution in [-0.2, 0) is 6.42 Å². The molecule has 0 aliphatic heterocycles. The molecule has 0 aliphatic rings. The fourth-order valence-corrected chi connectivity index (χ4v) is 2.72. The van der Waals surface area contributed by atoms with Crippen molar-refractivity contribution in [2.75, 3.05) is 0 Å². The molecule has 25 heavy (non-hydrogen) atoms. The van der Waals surface area contributed by atoms with E-state index in [4.69, 9.17) is 0 Å². The second-order valence-electron chi connectivity index (χ2n) is 6.29. The quantitative estimate of drug-likeness (QED) is 0.700. The van der Waals surface area contributed by atoms with Crippen molar-refractivity contribution in [2.45, 2.75) is 26.3 Å². The van der Waals surface area contributed by atoms with Crippen molar-refractivity contribution < 1.29 is 4.79 Å². The maximum Gasteiger partial charge on any atom is 0.236 e. The lowest BCUT2D eigenvalue weighted by atomic mass is 10.0. The van der Waals surface area contributed by atoms with E-state index in [1.165, 1.54) is 5.56 Å². The van der Waals surface area contributed by atoms with Crippen LogP contribution in [0.5, 0.6) is 0 Å². The van der Waals surface area contributed by atoms with Crippen LogP contribution in [0.4, 0.5) is 0 Å². The zero-order valence-corrected chi connectivity index (χ0v) is 14.6. The Morgan fingerprint density at radius 3 is 2.20 bits per heavy atom. The van der Waals surface area contributed by atoms with Crippen molar-refractivity contribution in [1.82, 2.24) is 4.57 Å². The summed E-state index contributed by atoms with van der Waals surface area (Å²) in [5, 5.41) is 0. The molecule has 3 heteroatoms. The number of carbonyl (C=O) groups is 1. The molecule has 3 aromatic rings. The summed E-state index contributed by atoms with van der Waals surface area (Å²) in [6.07, 6.45) is 2.13. The van der Waals surface area contributed by atoms with E-state index in [2.05, 4.69) is 29.3 Å². The first kappa shape index (κ1) is 16.9. The fourth-order valence-electron chi connectivity index (χ4n) is 2.72. The van der Waals surface area contributed by atoms with Gasteiger partial charge >= 0.3 is 0 Å². The minimum Gasteiger partial charge on any atom is -0.274 e. The predicted octanol–water partition coefficient (Wildman–Crippen LogP) is 4.35. The van der Waals surface area contributed by atoms with E-state index >= 15 is 0 Å². The summed E-state index contributed by atoms with van der Waals surface area (Å²) in [6.45, 7) is 4.01. The fraction of sp³-hybridized carbons (Fsp3) is 0.182. The van der Waals surface area contributed by atoms with Crippen LogP contribution in [0.25, 0.3) is 11.1 Å². The lowest BCUT2D eigenvalue weighted by Gasteiger charge is -2.08. The van der Waals surface area contributed by atoms with E-state index in [1.807, 2.05) is 62.4 Å². The van der Waals surface area contributed by atoms with E-state index in [0.29, 0.717) is 11.9 Å². The van der Waals surface area contributed by atoms with Crippen LogP contribution >= 0.6 is 0 Å². The molecule has 0 aliphatic carbocycles. The van der Waals surface area contributed by atoms with E-state index in [9.17, 15) is 4.79 Å². The highest BCUT2D eigenvalue weighted by Gasteiger charge is 2.07. The average Bonchev–Trinajstić information content (AvgIpc) is 2.63. The van der Waals surface area contributed by atoms with Gasteiger partial charge in [-0.2, -0.15) is 0 Å². The summed E-state index contributed by atoms with van der Waals surface area (Å²) in [5.41, 5.74) is 4.02. The summed E-state index contributed by atoms with van der Waals surface area (Å²) in [7, 11) is 0. The SMILES string of the molecule is CC(C)N=c1ccccn1C(=O)Cc1ccc(-c2ccccc2)cc1. The number of benzene rings is 2. The molecule has 0 fully saturated rings. The number of pyridine rings is 1. The van der Waals surface area contributed by atoms with Crippen LogP contribution in [-0.4, -0.2) is 16.5 Å². The molecule has 0 saturated heterocycles. The number of hydrogen-bond donors (Lipinski definition) is 0. The molecule has 0 spiro atoms. The molecular formula is C22H22N2O. The Labute approximate surface area is 148 Å². The highest BCUT2D eigenvalue weighted by atomic mass is 16.2. The van der Waals surface area contributed by atoms with Crippen molar-refractivity contribution in [3.05, 3.63) is 90.0 Å². The summed E-state index contributed by atoms with van der Waals surface area (Å²) in [6, 6.07) is 24.2. The molecule has 0 saturated carbocycles. The summed E-state index contributed by atoms with van der Waals surface area (Å²) >= 11 is 0. The molecule has 126 valence electrons. The highest BCUT2D eigenvalue weighted by Crippen LogP contribution is 2.19. The summed E-state index contributed by atoms with van der Waals surface area (Å²) in [5.74, 6) is 0.0208. The Kier molecular flexibility index (Phi) is 5.24. The third-order valence-corrected chi connectivity index (χ3v) is 3.91. The molecular weight excluding hydrogens is 308 g/mol.